The number of hydrogen-bond acceptors (Lipinski definition) is 0. The van der Waals surface area contributed by atoms with Crippen LogP contribution >= 0.6 is 11.6 Å². The maximum Gasteiger partial charge on any atom is 0.0223 e. The van der Waals surface area contributed by atoms with Crippen molar-refractivity contribution in [3.05, 3.63) is 0 Å². The van der Waals surface area contributed by atoms with Gasteiger partial charge in [-0.3, -0.25) is 0 Å². The monoisotopic (exact) mass is 172 g/mol. The average molecular weight is 173 g/mol. The van der Waals surface area contributed by atoms with E-state index in [0.29, 0.717) is 0 Å². The van der Waals surface area contributed by atoms with Gasteiger partial charge in [-0.2, -0.15) is 0 Å². The van der Waals surface area contributed by atoms with Crippen LogP contribution in [0.1, 0.15) is 45.4 Å². The van der Waals surface area contributed by atoms with Crippen LogP contribution in [0.25, 0.3) is 0 Å². The summed E-state index contributed by atoms with van der Waals surface area (Å²) in [7, 11) is 0. The van der Waals surface area contributed by atoms with E-state index in [4.69, 9.17) is 11.6 Å². The molecule has 0 bridgehead atoms. The molecule has 0 amide bonds. The van der Waals surface area contributed by atoms with Crippen molar-refractivity contribution < 1.29 is 0 Å². The maximum absolute atomic E-state index is 5.52. The van der Waals surface area contributed by atoms with E-state index < -0.39 is 0 Å². The van der Waals surface area contributed by atoms with Gasteiger partial charge >= 0.3 is 0 Å². The number of alkyl halides is 1. The van der Waals surface area contributed by atoms with Crippen molar-refractivity contribution >= 4 is 11.6 Å². The van der Waals surface area contributed by atoms with Crippen LogP contribution in [0.5, 0.6) is 0 Å². The van der Waals surface area contributed by atoms with Crippen LogP contribution in [0.4, 0.5) is 0 Å². The third kappa shape index (κ3) is 9.85. The fraction of sp³-hybridized carbons (Fsp3) is 0.800. The molecule has 0 nitrogen and oxygen atoms in total. The molecule has 0 aromatic rings. The molecule has 0 aromatic heterocycles. The van der Waals surface area contributed by atoms with Crippen molar-refractivity contribution in [3.8, 4) is 11.8 Å². The highest BCUT2D eigenvalue weighted by atomic mass is 35.5. The lowest BCUT2D eigenvalue weighted by atomic mass is 10.2. The fourth-order valence-corrected chi connectivity index (χ4v) is 0.939. The molecule has 0 radical (unpaired) electrons. The molecular weight excluding hydrogens is 156 g/mol. The first kappa shape index (κ1) is 10.8. The van der Waals surface area contributed by atoms with Crippen molar-refractivity contribution in [2.75, 3.05) is 5.88 Å². The van der Waals surface area contributed by atoms with Crippen molar-refractivity contribution in [2.24, 2.45) is 0 Å². The molecule has 0 fully saturated rings. The normalized spacial score (nSPS) is 8.91. The van der Waals surface area contributed by atoms with E-state index in [1.165, 1.54) is 12.8 Å². The SMILES string of the molecule is CCCCC#CCCCCCl. The molecule has 0 N–H and O–H groups in total. The third-order valence-corrected chi connectivity index (χ3v) is 1.73. The summed E-state index contributed by atoms with van der Waals surface area (Å²) in [5, 5.41) is 0. The standard InChI is InChI=1S/C10H17Cl/c1-2-3-4-5-6-7-8-9-10-11/h2-4,7-10H2,1H3. The zero-order valence-electron chi connectivity index (χ0n) is 7.33. The van der Waals surface area contributed by atoms with Gasteiger partial charge in [0, 0.05) is 18.7 Å². The Labute approximate surface area is 75.3 Å². The van der Waals surface area contributed by atoms with Gasteiger partial charge in [0.15, 0.2) is 0 Å². The smallest absolute Gasteiger partial charge is 0.0223 e. The number of unbranched alkanes of at least 4 members (excludes halogenated alkanes) is 4. The van der Waals surface area contributed by atoms with Crippen LogP contribution in [0.2, 0.25) is 0 Å². The Morgan fingerprint density at radius 3 is 2.18 bits per heavy atom. The van der Waals surface area contributed by atoms with E-state index in [0.717, 1.165) is 31.6 Å². The Hall–Kier alpha value is -0.150. The Kier molecular flexibility index (Phi) is 9.72. The summed E-state index contributed by atoms with van der Waals surface area (Å²) >= 11 is 5.52. The van der Waals surface area contributed by atoms with Crippen LogP contribution in [-0.4, -0.2) is 5.88 Å². The number of rotatable bonds is 5. The Balaban J connectivity index is 2.99. The van der Waals surface area contributed by atoms with Gasteiger partial charge < -0.3 is 0 Å². The lowest BCUT2D eigenvalue weighted by molar-refractivity contribution is 0.818. The molecule has 0 heterocycles. The molecule has 11 heavy (non-hydrogen) atoms. The van der Waals surface area contributed by atoms with E-state index in [9.17, 15) is 0 Å². The van der Waals surface area contributed by atoms with E-state index >= 15 is 0 Å². The molecule has 1 heteroatoms. The third-order valence-electron chi connectivity index (χ3n) is 1.47. The molecule has 0 rings (SSSR count). The highest BCUT2D eigenvalue weighted by Gasteiger charge is 1.81. The van der Waals surface area contributed by atoms with Gasteiger partial charge in [-0.15, -0.1) is 23.4 Å². The minimum absolute atomic E-state index is 0.774. The molecule has 0 unspecified atom stereocenters. The van der Waals surface area contributed by atoms with Crippen LogP contribution in [0.15, 0.2) is 0 Å². The van der Waals surface area contributed by atoms with Gasteiger partial charge in [-0.05, 0) is 19.3 Å². The second-order valence-electron chi connectivity index (χ2n) is 2.60. The summed E-state index contributed by atoms with van der Waals surface area (Å²) in [4.78, 5) is 0. The molecule has 0 saturated carbocycles. The van der Waals surface area contributed by atoms with Crippen molar-refractivity contribution in [2.45, 2.75) is 45.4 Å². The van der Waals surface area contributed by atoms with E-state index in [1.54, 1.807) is 0 Å². The summed E-state index contributed by atoms with van der Waals surface area (Å²) in [5.74, 6) is 7.07. The minimum Gasteiger partial charge on any atom is -0.127 e. The van der Waals surface area contributed by atoms with Crippen LogP contribution < -0.4 is 0 Å². The van der Waals surface area contributed by atoms with E-state index in [2.05, 4.69) is 18.8 Å². The summed E-state index contributed by atoms with van der Waals surface area (Å²) in [6, 6.07) is 0. The quantitative estimate of drug-likeness (QED) is 0.338. The first-order chi connectivity index (χ1) is 5.41. The Morgan fingerprint density at radius 2 is 1.64 bits per heavy atom. The van der Waals surface area contributed by atoms with E-state index in [-0.39, 0.29) is 0 Å². The second-order valence-corrected chi connectivity index (χ2v) is 2.98. The fourth-order valence-electron chi connectivity index (χ4n) is 0.750. The summed E-state index contributed by atoms with van der Waals surface area (Å²) in [6.45, 7) is 2.19. The van der Waals surface area contributed by atoms with Crippen molar-refractivity contribution in [3.63, 3.8) is 0 Å². The first-order valence-corrected chi connectivity index (χ1v) is 4.97. The molecule has 64 valence electrons. The van der Waals surface area contributed by atoms with Gasteiger partial charge in [0.25, 0.3) is 0 Å². The van der Waals surface area contributed by atoms with E-state index in [1.807, 2.05) is 0 Å². The lowest BCUT2D eigenvalue weighted by Gasteiger charge is -1.87. The molecular formula is C10H17Cl. The van der Waals surface area contributed by atoms with Gasteiger partial charge in [-0.25, -0.2) is 0 Å². The van der Waals surface area contributed by atoms with Crippen molar-refractivity contribution in [1.29, 1.82) is 0 Å². The Morgan fingerprint density at radius 1 is 1.00 bits per heavy atom. The molecule has 0 aliphatic rings. The van der Waals surface area contributed by atoms with Crippen LogP contribution in [-0.2, 0) is 0 Å². The zero-order valence-corrected chi connectivity index (χ0v) is 8.08. The molecule has 0 aromatic carbocycles. The van der Waals surface area contributed by atoms with Gasteiger partial charge in [0.05, 0.1) is 0 Å². The van der Waals surface area contributed by atoms with Crippen LogP contribution in [0, 0.1) is 11.8 Å². The summed E-state index contributed by atoms with van der Waals surface area (Å²) in [6.07, 6.45) is 6.83. The molecule has 0 saturated heterocycles. The molecule has 0 atom stereocenters. The maximum atomic E-state index is 5.52. The zero-order chi connectivity index (χ0) is 8.36. The van der Waals surface area contributed by atoms with Gasteiger partial charge in [0.2, 0.25) is 0 Å². The highest BCUT2D eigenvalue weighted by molar-refractivity contribution is 6.17. The van der Waals surface area contributed by atoms with Crippen LogP contribution in [0.3, 0.4) is 0 Å². The predicted molar refractivity (Wildman–Crippen MR) is 51.9 cm³/mol. The first-order valence-electron chi connectivity index (χ1n) is 4.43. The molecule has 0 aliphatic heterocycles. The Bertz CT molecular complexity index is 119. The predicted octanol–water partition coefficient (Wildman–Crippen LogP) is 3.59. The van der Waals surface area contributed by atoms with Crippen molar-refractivity contribution in [1.82, 2.24) is 0 Å². The minimum atomic E-state index is 0.774. The average Bonchev–Trinajstić information content (AvgIpc) is 2.03. The topological polar surface area (TPSA) is 0 Å². The summed E-state index contributed by atoms with van der Waals surface area (Å²) in [5.41, 5.74) is 0. The molecule has 0 aliphatic carbocycles. The number of hydrogen-bond donors (Lipinski definition) is 0. The summed E-state index contributed by atoms with van der Waals surface area (Å²) < 4.78 is 0. The highest BCUT2D eigenvalue weighted by Crippen LogP contribution is 1.96. The number of halogens is 1. The van der Waals surface area contributed by atoms with Gasteiger partial charge in [0.1, 0.15) is 0 Å². The molecule has 0 spiro atoms. The van der Waals surface area contributed by atoms with Gasteiger partial charge in [-0.1, -0.05) is 13.3 Å². The lowest BCUT2D eigenvalue weighted by Crippen LogP contribution is -1.74. The second kappa shape index (κ2) is 9.85. The largest absolute Gasteiger partial charge is 0.127 e.